The molecule has 1 aliphatic rings. The largest absolute Gasteiger partial charge is 0.454 e. The Morgan fingerprint density at radius 1 is 1.22 bits per heavy atom. The van der Waals surface area contributed by atoms with Crippen molar-refractivity contribution in [3.05, 3.63) is 63.7 Å². The van der Waals surface area contributed by atoms with Crippen molar-refractivity contribution in [1.82, 2.24) is 5.43 Å². The lowest BCUT2D eigenvalue weighted by Gasteiger charge is -2.02. The van der Waals surface area contributed by atoms with Crippen molar-refractivity contribution in [2.75, 3.05) is 6.79 Å². The smallest absolute Gasteiger partial charge is 0.282 e. The molecule has 8 heteroatoms. The molecule has 116 valence electrons. The van der Waals surface area contributed by atoms with Crippen LogP contribution in [0.15, 0.2) is 47.6 Å². The van der Waals surface area contributed by atoms with Crippen LogP contribution in [0, 0.1) is 10.1 Å². The first-order chi connectivity index (χ1) is 11.2. The summed E-state index contributed by atoms with van der Waals surface area (Å²) in [5, 5.41) is 14.7. The maximum absolute atomic E-state index is 12.0. The molecule has 1 heterocycles. The minimum absolute atomic E-state index is 0.0625. The number of carbonyl (C=O) groups excluding carboxylic acids is 1. The van der Waals surface area contributed by atoms with Gasteiger partial charge in [0.2, 0.25) is 6.79 Å². The van der Waals surface area contributed by atoms with Crippen molar-refractivity contribution in [2.24, 2.45) is 5.10 Å². The van der Waals surface area contributed by atoms with Crippen LogP contribution in [0.1, 0.15) is 15.9 Å². The number of amides is 1. The van der Waals surface area contributed by atoms with Gasteiger partial charge in [-0.3, -0.25) is 14.9 Å². The number of ether oxygens (including phenoxy) is 2. The molecule has 3 rings (SSSR count). The molecule has 0 atom stereocenters. The van der Waals surface area contributed by atoms with E-state index in [1.165, 1.54) is 24.4 Å². The predicted octanol–water partition coefficient (Wildman–Crippen LogP) is 2.09. The fourth-order valence-electron chi connectivity index (χ4n) is 2.10. The molecule has 0 saturated heterocycles. The summed E-state index contributed by atoms with van der Waals surface area (Å²) >= 11 is 0. The highest BCUT2D eigenvalue weighted by atomic mass is 16.7. The summed E-state index contributed by atoms with van der Waals surface area (Å²) in [4.78, 5) is 22.3. The third-order valence-electron chi connectivity index (χ3n) is 3.14. The summed E-state index contributed by atoms with van der Waals surface area (Å²) < 4.78 is 10.5. The fraction of sp³-hybridized carbons (Fsp3) is 0.0667. The molecule has 0 fully saturated rings. The number of hydrogen-bond donors (Lipinski definition) is 1. The Balaban J connectivity index is 1.75. The third kappa shape index (κ3) is 2.95. The van der Waals surface area contributed by atoms with E-state index in [0.717, 1.165) is 0 Å². The summed E-state index contributed by atoms with van der Waals surface area (Å²) in [5.41, 5.74) is 2.55. The number of hydrazone groups is 1. The van der Waals surface area contributed by atoms with Crippen LogP contribution in [-0.4, -0.2) is 23.8 Å². The van der Waals surface area contributed by atoms with Gasteiger partial charge in [0.15, 0.2) is 11.5 Å². The number of fused-ring (bicyclic) bond motifs is 1. The number of para-hydroxylation sites is 2. The summed E-state index contributed by atoms with van der Waals surface area (Å²) in [6, 6.07) is 10.9. The summed E-state index contributed by atoms with van der Waals surface area (Å²) in [7, 11) is 0. The van der Waals surface area contributed by atoms with Crippen LogP contribution in [0.4, 0.5) is 5.69 Å². The second-order valence-corrected chi connectivity index (χ2v) is 4.55. The van der Waals surface area contributed by atoms with Crippen molar-refractivity contribution >= 4 is 17.8 Å². The van der Waals surface area contributed by atoms with E-state index >= 15 is 0 Å². The monoisotopic (exact) mass is 313 g/mol. The lowest BCUT2D eigenvalue weighted by Crippen LogP contribution is -2.19. The van der Waals surface area contributed by atoms with Gasteiger partial charge in [-0.05, 0) is 18.2 Å². The minimum atomic E-state index is -0.668. The van der Waals surface area contributed by atoms with Crippen molar-refractivity contribution < 1.29 is 19.2 Å². The molecule has 1 aliphatic heterocycles. The van der Waals surface area contributed by atoms with Crippen LogP contribution in [0.5, 0.6) is 11.5 Å². The van der Waals surface area contributed by atoms with Crippen LogP contribution in [-0.2, 0) is 0 Å². The van der Waals surface area contributed by atoms with Gasteiger partial charge in [-0.1, -0.05) is 18.2 Å². The first-order valence-corrected chi connectivity index (χ1v) is 6.62. The number of nitro benzene ring substituents is 1. The van der Waals surface area contributed by atoms with E-state index in [9.17, 15) is 14.9 Å². The van der Waals surface area contributed by atoms with E-state index in [1.54, 1.807) is 24.3 Å². The fourth-order valence-corrected chi connectivity index (χ4v) is 2.10. The van der Waals surface area contributed by atoms with Crippen LogP contribution in [0.2, 0.25) is 0 Å². The molecule has 8 nitrogen and oxygen atoms in total. The number of nitrogens with one attached hydrogen (secondary N) is 1. The molecule has 0 bridgehead atoms. The van der Waals surface area contributed by atoms with E-state index < -0.39 is 10.8 Å². The second kappa shape index (κ2) is 6.14. The Labute approximate surface area is 130 Å². The summed E-state index contributed by atoms with van der Waals surface area (Å²) in [5.74, 6) is 0.466. The number of benzene rings is 2. The van der Waals surface area contributed by atoms with Gasteiger partial charge in [0.25, 0.3) is 11.6 Å². The van der Waals surface area contributed by atoms with Crippen molar-refractivity contribution in [3.8, 4) is 11.5 Å². The predicted molar refractivity (Wildman–Crippen MR) is 80.7 cm³/mol. The Morgan fingerprint density at radius 2 is 2.04 bits per heavy atom. The Bertz CT molecular complexity index is 803. The number of nitro groups is 1. The van der Waals surface area contributed by atoms with E-state index in [4.69, 9.17) is 9.47 Å². The van der Waals surface area contributed by atoms with Crippen LogP contribution >= 0.6 is 0 Å². The quantitative estimate of drug-likeness (QED) is 0.529. The SMILES string of the molecule is O=C(NN=Cc1cccc2c1OCO2)c1ccccc1[N+](=O)[O-]. The molecule has 1 N–H and O–H groups in total. The molecule has 0 unspecified atom stereocenters. The molecule has 1 amide bonds. The normalized spacial score (nSPS) is 12.3. The zero-order chi connectivity index (χ0) is 16.2. The van der Waals surface area contributed by atoms with Crippen molar-refractivity contribution in [3.63, 3.8) is 0 Å². The van der Waals surface area contributed by atoms with Gasteiger partial charge < -0.3 is 9.47 Å². The molecule has 23 heavy (non-hydrogen) atoms. The van der Waals surface area contributed by atoms with Gasteiger partial charge in [-0.2, -0.15) is 5.10 Å². The molecule has 2 aromatic rings. The third-order valence-corrected chi connectivity index (χ3v) is 3.14. The zero-order valence-corrected chi connectivity index (χ0v) is 11.8. The Kier molecular flexibility index (Phi) is 3.88. The molecular weight excluding hydrogens is 302 g/mol. The van der Waals surface area contributed by atoms with Crippen LogP contribution in [0.25, 0.3) is 0 Å². The van der Waals surface area contributed by atoms with E-state index in [0.29, 0.717) is 17.1 Å². The average Bonchev–Trinajstić information content (AvgIpc) is 3.04. The number of rotatable bonds is 4. The first kappa shape index (κ1) is 14.5. The van der Waals surface area contributed by atoms with Gasteiger partial charge in [-0.15, -0.1) is 0 Å². The standard InChI is InChI=1S/C15H11N3O5/c19-15(11-5-1-2-6-12(11)18(20)21)17-16-8-10-4-3-7-13-14(10)23-9-22-13/h1-8H,9H2,(H,17,19). The summed E-state index contributed by atoms with van der Waals surface area (Å²) in [6.45, 7) is 0.128. The lowest BCUT2D eigenvalue weighted by molar-refractivity contribution is -0.385. The van der Waals surface area contributed by atoms with Crippen molar-refractivity contribution in [2.45, 2.75) is 0 Å². The molecule has 0 aliphatic carbocycles. The van der Waals surface area contributed by atoms with Gasteiger partial charge in [0.05, 0.1) is 11.1 Å². The highest BCUT2D eigenvalue weighted by Gasteiger charge is 2.19. The van der Waals surface area contributed by atoms with E-state index in [2.05, 4.69) is 10.5 Å². The topological polar surface area (TPSA) is 103 Å². The molecule has 2 aromatic carbocycles. The van der Waals surface area contributed by atoms with Gasteiger partial charge in [0, 0.05) is 11.6 Å². The molecule has 0 saturated carbocycles. The number of carbonyl (C=O) groups is 1. The lowest BCUT2D eigenvalue weighted by atomic mass is 10.2. The summed E-state index contributed by atoms with van der Waals surface area (Å²) in [6.07, 6.45) is 1.39. The zero-order valence-electron chi connectivity index (χ0n) is 11.8. The first-order valence-electron chi connectivity index (χ1n) is 6.62. The van der Waals surface area contributed by atoms with Gasteiger partial charge in [0.1, 0.15) is 5.56 Å². The maximum atomic E-state index is 12.0. The van der Waals surface area contributed by atoms with Crippen LogP contribution < -0.4 is 14.9 Å². The number of nitrogens with zero attached hydrogens (tertiary/aromatic N) is 2. The minimum Gasteiger partial charge on any atom is -0.454 e. The average molecular weight is 313 g/mol. The van der Waals surface area contributed by atoms with E-state index in [1.807, 2.05) is 0 Å². The van der Waals surface area contributed by atoms with Gasteiger partial charge in [-0.25, -0.2) is 5.43 Å². The number of hydrogen-bond acceptors (Lipinski definition) is 6. The molecule has 0 aromatic heterocycles. The second-order valence-electron chi connectivity index (χ2n) is 4.55. The maximum Gasteiger partial charge on any atom is 0.282 e. The Hall–Kier alpha value is -3.42. The Morgan fingerprint density at radius 3 is 2.87 bits per heavy atom. The van der Waals surface area contributed by atoms with Crippen molar-refractivity contribution in [1.29, 1.82) is 0 Å². The van der Waals surface area contributed by atoms with E-state index in [-0.39, 0.29) is 18.0 Å². The van der Waals surface area contributed by atoms with Gasteiger partial charge >= 0.3 is 0 Å². The molecule has 0 spiro atoms. The molecular formula is C15H11N3O5. The highest BCUT2D eigenvalue weighted by Crippen LogP contribution is 2.34. The van der Waals surface area contributed by atoms with Crippen LogP contribution in [0.3, 0.4) is 0 Å². The highest BCUT2D eigenvalue weighted by molar-refractivity contribution is 5.98. The molecule has 0 radical (unpaired) electrons.